The summed E-state index contributed by atoms with van der Waals surface area (Å²) in [6.07, 6.45) is 9.84. The fourth-order valence-corrected chi connectivity index (χ4v) is 4.21. The highest BCUT2D eigenvalue weighted by molar-refractivity contribution is 5.49. The molecule has 6 heteroatoms. The van der Waals surface area contributed by atoms with Crippen molar-refractivity contribution in [2.75, 3.05) is 18.0 Å². The van der Waals surface area contributed by atoms with Crippen LogP contribution in [0.3, 0.4) is 0 Å². The minimum atomic E-state index is -0.000787. The van der Waals surface area contributed by atoms with Gasteiger partial charge < -0.3 is 4.90 Å². The van der Waals surface area contributed by atoms with E-state index in [0.717, 1.165) is 56.8 Å². The van der Waals surface area contributed by atoms with Gasteiger partial charge in [-0.1, -0.05) is 6.42 Å². The number of aryl methyl sites for hydroxylation is 2. The van der Waals surface area contributed by atoms with Crippen LogP contribution in [-0.4, -0.2) is 32.8 Å². The predicted molar refractivity (Wildman–Crippen MR) is 101 cm³/mol. The molecule has 0 aromatic carbocycles. The van der Waals surface area contributed by atoms with E-state index in [1.54, 1.807) is 23.1 Å². The molecule has 0 saturated carbocycles. The van der Waals surface area contributed by atoms with Crippen LogP contribution in [0.1, 0.15) is 49.1 Å². The third kappa shape index (κ3) is 3.64. The molecule has 0 atom stereocenters. The standard InChI is InChI=1S/C20H27N5O/c1-15-7-8-19(26)25(23-15)13-16-9-11-24(12-10-16)20-17-5-3-2-4-6-18(17)21-14-22-20/h7-8,14,16H,2-6,9-13H2,1H3. The molecule has 0 bridgehead atoms. The maximum Gasteiger partial charge on any atom is 0.266 e. The van der Waals surface area contributed by atoms with Gasteiger partial charge in [0.15, 0.2) is 0 Å². The van der Waals surface area contributed by atoms with Gasteiger partial charge in [0, 0.05) is 37.0 Å². The molecule has 2 aromatic heterocycles. The fourth-order valence-electron chi connectivity index (χ4n) is 4.21. The zero-order valence-corrected chi connectivity index (χ0v) is 15.5. The van der Waals surface area contributed by atoms with Crippen molar-refractivity contribution in [3.63, 3.8) is 0 Å². The summed E-state index contributed by atoms with van der Waals surface area (Å²) < 4.78 is 1.63. The highest BCUT2D eigenvalue weighted by Gasteiger charge is 2.24. The zero-order chi connectivity index (χ0) is 17.9. The van der Waals surface area contributed by atoms with Crippen LogP contribution in [0.4, 0.5) is 5.82 Å². The molecule has 4 rings (SSSR count). The summed E-state index contributed by atoms with van der Waals surface area (Å²) in [6, 6.07) is 3.40. The van der Waals surface area contributed by atoms with Gasteiger partial charge in [-0.2, -0.15) is 5.10 Å². The van der Waals surface area contributed by atoms with E-state index in [1.165, 1.54) is 30.5 Å². The second kappa shape index (κ2) is 7.56. The van der Waals surface area contributed by atoms with E-state index < -0.39 is 0 Å². The molecule has 138 valence electrons. The van der Waals surface area contributed by atoms with Crippen molar-refractivity contribution in [3.05, 3.63) is 45.8 Å². The Kier molecular flexibility index (Phi) is 5.00. The van der Waals surface area contributed by atoms with Gasteiger partial charge in [-0.05, 0) is 57.4 Å². The lowest BCUT2D eigenvalue weighted by Gasteiger charge is -2.34. The molecule has 26 heavy (non-hydrogen) atoms. The van der Waals surface area contributed by atoms with Crippen molar-refractivity contribution in [1.29, 1.82) is 0 Å². The Morgan fingerprint density at radius 2 is 1.88 bits per heavy atom. The van der Waals surface area contributed by atoms with Crippen molar-refractivity contribution in [2.45, 2.75) is 58.4 Å². The molecule has 0 radical (unpaired) electrons. The van der Waals surface area contributed by atoms with Crippen molar-refractivity contribution in [3.8, 4) is 0 Å². The number of nitrogens with zero attached hydrogens (tertiary/aromatic N) is 5. The topological polar surface area (TPSA) is 63.9 Å². The third-order valence-electron chi connectivity index (χ3n) is 5.70. The van der Waals surface area contributed by atoms with E-state index >= 15 is 0 Å². The van der Waals surface area contributed by atoms with E-state index in [0.29, 0.717) is 5.92 Å². The van der Waals surface area contributed by atoms with Crippen LogP contribution in [0.25, 0.3) is 0 Å². The van der Waals surface area contributed by atoms with Gasteiger partial charge >= 0.3 is 0 Å². The number of fused-ring (bicyclic) bond motifs is 1. The number of hydrogen-bond acceptors (Lipinski definition) is 5. The second-order valence-electron chi connectivity index (χ2n) is 7.61. The van der Waals surface area contributed by atoms with E-state index in [1.807, 2.05) is 6.92 Å². The maximum absolute atomic E-state index is 12.0. The average molecular weight is 353 g/mol. The normalized spacial score (nSPS) is 18.4. The third-order valence-corrected chi connectivity index (χ3v) is 5.70. The van der Waals surface area contributed by atoms with Gasteiger partial charge in [0.2, 0.25) is 0 Å². The molecule has 0 spiro atoms. The van der Waals surface area contributed by atoms with Crippen molar-refractivity contribution < 1.29 is 0 Å². The van der Waals surface area contributed by atoms with Crippen LogP contribution in [-0.2, 0) is 19.4 Å². The Morgan fingerprint density at radius 3 is 2.73 bits per heavy atom. The molecule has 2 aromatic rings. The Hall–Kier alpha value is -2.24. The quantitative estimate of drug-likeness (QED) is 0.794. The van der Waals surface area contributed by atoms with Crippen LogP contribution < -0.4 is 10.5 Å². The summed E-state index contributed by atoms with van der Waals surface area (Å²) in [5, 5.41) is 4.38. The Balaban J connectivity index is 1.44. The fraction of sp³-hybridized carbons (Fsp3) is 0.600. The minimum absolute atomic E-state index is 0.000787. The first-order valence-corrected chi connectivity index (χ1v) is 9.83. The summed E-state index contributed by atoms with van der Waals surface area (Å²) in [4.78, 5) is 23.6. The lowest BCUT2D eigenvalue weighted by atomic mass is 9.96. The van der Waals surface area contributed by atoms with Crippen LogP contribution in [0.15, 0.2) is 23.3 Å². The highest BCUT2D eigenvalue weighted by atomic mass is 16.1. The zero-order valence-electron chi connectivity index (χ0n) is 15.5. The first kappa shape index (κ1) is 17.2. The summed E-state index contributed by atoms with van der Waals surface area (Å²) in [7, 11) is 0. The van der Waals surface area contributed by atoms with Crippen LogP contribution >= 0.6 is 0 Å². The lowest BCUT2D eigenvalue weighted by Crippen LogP contribution is -2.38. The molecule has 1 saturated heterocycles. The molecule has 1 aliphatic carbocycles. The highest BCUT2D eigenvalue weighted by Crippen LogP contribution is 2.29. The smallest absolute Gasteiger partial charge is 0.266 e. The van der Waals surface area contributed by atoms with Crippen LogP contribution in [0.5, 0.6) is 0 Å². The first-order valence-electron chi connectivity index (χ1n) is 9.83. The number of aromatic nitrogens is 4. The van der Waals surface area contributed by atoms with Gasteiger partial charge in [-0.3, -0.25) is 4.79 Å². The molecule has 6 nitrogen and oxygen atoms in total. The largest absolute Gasteiger partial charge is 0.356 e. The van der Waals surface area contributed by atoms with Gasteiger partial charge in [0.05, 0.1) is 5.69 Å². The van der Waals surface area contributed by atoms with Crippen molar-refractivity contribution in [2.24, 2.45) is 5.92 Å². The predicted octanol–water partition coefficient (Wildman–Crippen LogP) is 2.53. The number of anilines is 1. The molecule has 0 unspecified atom stereocenters. The van der Waals surface area contributed by atoms with E-state index in [4.69, 9.17) is 0 Å². The summed E-state index contributed by atoms with van der Waals surface area (Å²) in [5.74, 6) is 1.65. The van der Waals surface area contributed by atoms with Crippen LogP contribution in [0.2, 0.25) is 0 Å². The Labute approximate surface area is 154 Å². The molecule has 3 heterocycles. The maximum atomic E-state index is 12.0. The average Bonchev–Trinajstić information content (AvgIpc) is 2.91. The molecule has 0 amide bonds. The molecule has 0 N–H and O–H groups in total. The van der Waals surface area contributed by atoms with Crippen molar-refractivity contribution >= 4 is 5.82 Å². The Bertz CT molecular complexity index is 823. The summed E-state index contributed by atoms with van der Waals surface area (Å²) in [5.41, 5.74) is 3.52. The van der Waals surface area contributed by atoms with E-state index in [-0.39, 0.29) is 5.56 Å². The summed E-state index contributed by atoms with van der Waals surface area (Å²) >= 11 is 0. The van der Waals surface area contributed by atoms with Gasteiger partial charge in [0.1, 0.15) is 12.1 Å². The second-order valence-corrected chi connectivity index (χ2v) is 7.61. The molecule has 2 aliphatic rings. The molecular formula is C20H27N5O. The number of hydrogen-bond donors (Lipinski definition) is 0. The van der Waals surface area contributed by atoms with Gasteiger partial charge in [-0.25, -0.2) is 14.6 Å². The minimum Gasteiger partial charge on any atom is -0.356 e. The van der Waals surface area contributed by atoms with E-state index in [2.05, 4.69) is 20.0 Å². The van der Waals surface area contributed by atoms with Crippen LogP contribution in [0, 0.1) is 12.8 Å². The molecule has 1 fully saturated rings. The van der Waals surface area contributed by atoms with Gasteiger partial charge in [0.25, 0.3) is 5.56 Å². The first-order chi connectivity index (χ1) is 12.7. The number of rotatable bonds is 3. The lowest BCUT2D eigenvalue weighted by molar-refractivity contribution is 0.333. The number of piperidine rings is 1. The Morgan fingerprint density at radius 1 is 1.08 bits per heavy atom. The SMILES string of the molecule is Cc1ccc(=O)n(CC2CCN(c3ncnc4c3CCCCC4)CC2)n1. The molecular weight excluding hydrogens is 326 g/mol. The van der Waals surface area contributed by atoms with Gasteiger partial charge in [-0.15, -0.1) is 0 Å². The monoisotopic (exact) mass is 353 g/mol. The summed E-state index contributed by atoms with van der Waals surface area (Å²) in [6.45, 7) is 4.64. The molecule has 1 aliphatic heterocycles. The van der Waals surface area contributed by atoms with E-state index in [9.17, 15) is 4.79 Å². The van der Waals surface area contributed by atoms with Crippen molar-refractivity contribution in [1.82, 2.24) is 19.7 Å².